The summed E-state index contributed by atoms with van der Waals surface area (Å²) in [7, 11) is -4.10. The minimum absolute atomic E-state index is 0.156. The van der Waals surface area contributed by atoms with Crippen LogP contribution in [0, 0.1) is 5.82 Å². The van der Waals surface area contributed by atoms with E-state index in [1.54, 1.807) is 38.1 Å². The average Bonchev–Trinajstić information content (AvgIpc) is 2.73. The molecule has 0 N–H and O–H groups in total. The van der Waals surface area contributed by atoms with Crippen molar-refractivity contribution in [1.82, 2.24) is 4.31 Å². The van der Waals surface area contributed by atoms with E-state index in [-0.39, 0.29) is 18.7 Å². The number of carbonyl (C=O) groups is 2. The van der Waals surface area contributed by atoms with Crippen LogP contribution in [-0.2, 0) is 14.8 Å². The molecule has 0 aliphatic heterocycles. The van der Waals surface area contributed by atoms with Crippen molar-refractivity contribution in [3.8, 4) is 5.75 Å². The zero-order valence-electron chi connectivity index (χ0n) is 17.1. The van der Waals surface area contributed by atoms with E-state index < -0.39 is 39.1 Å². The molecule has 0 aromatic heterocycles. The van der Waals surface area contributed by atoms with Gasteiger partial charge in [0.05, 0.1) is 12.2 Å². The van der Waals surface area contributed by atoms with Gasteiger partial charge in [-0.2, -0.15) is 4.31 Å². The second kappa shape index (κ2) is 10.3. The van der Waals surface area contributed by atoms with Gasteiger partial charge in [0, 0.05) is 18.7 Å². The van der Waals surface area contributed by atoms with Gasteiger partial charge in [0.15, 0.2) is 12.4 Å². The summed E-state index contributed by atoms with van der Waals surface area (Å²) in [5.41, 5.74) is 0.164. The molecule has 0 fully saturated rings. The summed E-state index contributed by atoms with van der Waals surface area (Å²) in [5.74, 6) is -1.72. The molecule has 0 radical (unpaired) electrons. The van der Waals surface area contributed by atoms with E-state index >= 15 is 0 Å². The summed E-state index contributed by atoms with van der Waals surface area (Å²) in [5, 5.41) is 0. The maximum absolute atomic E-state index is 14.2. The Morgan fingerprint density at radius 1 is 0.967 bits per heavy atom. The Kier molecular flexibility index (Phi) is 8.08. The molecule has 2 aromatic rings. The number of Topliss-reactive ketones (excluding diaryl/α,β-unsaturated/α-hetero) is 1. The van der Waals surface area contributed by atoms with Gasteiger partial charge >= 0.3 is 5.97 Å². The Labute approximate surface area is 175 Å². The second-order valence-electron chi connectivity index (χ2n) is 6.19. The number of halogens is 1. The Bertz CT molecular complexity index is 1000. The third-order valence-electron chi connectivity index (χ3n) is 4.31. The van der Waals surface area contributed by atoms with Gasteiger partial charge in [0.1, 0.15) is 16.5 Å². The predicted octanol–water partition coefficient (Wildman–Crippen LogP) is 3.29. The molecule has 0 amide bonds. The fraction of sp³-hybridized carbons (Fsp3) is 0.333. The molecule has 0 aliphatic carbocycles. The van der Waals surface area contributed by atoms with E-state index in [2.05, 4.69) is 0 Å². The van der Waals surface area contributed by atoms with Gasteiger partial charge in [-0.05, 0) is 49.4 Å². The zero-order valence-corrected chi connectivity index (χ0v) is 17.9. The zero-order chi connectivity index (χ0) is 22.3. The molecule has 0 spiro atoms. The average molecular weight is 437 g/mol. The van der Waals surface area contributed by atoms with Gasteiger partial charge in [0.2, 0.25) is 10.0 Å². The van der Waals surface area contributed by atoms with Crippen LogP contribution in [-0.4, -0.2) is 50.8 Å². The van der Waals surface area contributed by atoms with Gasteiger partial charge in [-0.25, -0.2) is 17.6 Å². The van der Waals surface area contributed by atoms with Crippen LogP contribution in [0.15, 0.2) is 47.4 Å². The van der Waals surface area contributed by atoms with Gasteiger partial charge < -0.3 is 9.47 Å². The molecule has 2 rings (SSSR count). The lowest BCUT2D eigenvalue weighted by atomic mass is 10.1. The number of rotatable bonds is 10. The maximum atomic E-state index is 14.2. The highest BCUT2D eigenvalue weighted by Crippen LogP contribution is 2.21. The topological polar surface area (TPSA) is 90.0 Å². The number of esters is 1. The van der Waals surface area contributed by atoms with Crippen molar-refractivity contribution in [3.05, 3.63) is 59.4 Å². The third-order valence-corrected chi connectivity index (χ3v) is 6.38. The highest BCUT2D eigenvalue weighted by atomic mass is 32.2. The standard InChI is InChI=1S/C21H24FNO6S/c1-4-23(5-2)30(26,27)20-13-16(9-12-18(20)22)21(25)29-14-19(24)15-7-10-17(11-8-15)28-6-3/h7-13H,4-6,14H2,1-3H3. The van der Waals surface area contributed by atoms with Crippen LogP contribution in [0.3, 0.4) is 0 Å². The van der Waals surface area contributed by atoms with E-state index in [1.165, 1.54) is 0 Å². The van der Waals surface area contributed by atoms with Crippen LogP contribution in [0.1, 0.15) is 41.5 Å². The lowest BCUT2D eigenvalue weighted by molar-refractivity contribution is 0.0474. The van der Waals surface area contributed by atoms with E-state index in [9.17, 15) is 22.4 Å². The summed E-state index contributed by atoms with van der Waals surface area (Å²) >= 11 is 0. The van der Waals surface area contributed by atoms with Crippen LogP contribution in [0.5, 0.6) is 5.75 Å². The number of ether oxygens (including phenoxy) is 2. The van der Waals surface area contributed by atoms with Gasteiger partial charge in [0.25, 0.3) is 0 Å². The number of hydrogen-bond donors (Lipinski definition) is 0. The molecule has 162 valence electrons. The van der Waals surface area contributed by atoms with E-state index in [0.717, 1.165) is 22.5 Å². The molecule has 0 unspecified atom stereocenters. The first-order valence-corrected chi connectivity index (χ1v) is 10.9. The third kappa shape index (κ3) is 5.43. The first-order valence-electron chi connectivity index (χ1n) is 9.47. The summed E-state index contributed by atoms with van der Waals surface area (Å²) in [6, 6.07) is 9.28. The summed E-state index contributed by atoms with van der Waals surface area (Å²) in [4.78, 5) is 23.9. The first-order chi connectivity index (χ1) is 14.2. The van der Waals surface area contributed by atoms with Crippen molar-refractivity contribution >= 4 is 21.8 Å². The summed E-state index contributed by atoms with van der Waals surface area (Å²) in [6.45, 7) is 5.36. The van der Waals surface area contributed by atoms with Crippen molar-refractivity contribution in [1.29, 1.82) is 0 Å². The van der Waals surface area contributed by atoms with Gasteiger partial charge in [-0.15, -0.1) is 0 Å². The summed E-state index contributed by atoms with van der Waals surface area (Å²) in [6.07, 6.45) is 0. The monoisotopic (exact) mass is 437 g/mol. The van der Waals surface area contributed by atoms with Crippen LogP contribution in [0.2, 0.25) is 0 Å². The van der Waals surface area contributed by atoms with Crippen LogP contribution in [0.4, 0.5) is 4.39 Å². The number of ketones is 1. The van der Waals surface area contributed by atoms with Crippen LogP contribution >= 0.6 is 0 Å². The Morgan fingerprint density at radius 2 is 1.57 bits per heavy atom. The van der Waals surface area contributed by atoms with Crippen molar-refractivity contribution in [2.24, 2.45) is 0 Å². The Balaban J connectivity index is 2.13. The van der Waals surface area contributed by atoms with Crippen molar-refractivity contribution in [3.63, 3.8) is 0 Å². The quantitative estimate of drug-likeness (QED) is 0.419. The molecular weight excluding hydrogens is 413 g/mol. The molecule has 2 aromatic carbocycles. The minimum Gasteiger partial charge on any atom is -0.494 e. The number of hydrogen-bond acceptors (Lipinski definition) is 6. The predicted molar refractivity (Wildman–Crippen MR) is 109 cm³/mol. The first kappa shape index (κ1) is 23.5. The number of nitrogens with zero attached hydrogens (tertiary/aromatic N) is 1. The molecule has 30 heavy (non-hydrogen) atoms. The van der Waals surface area contributed by atoms with E-state index in [0.29, 0.717) is 17.9 Å². The van der Waals surface area contributed by atoms with Gasteiger partial charge in [-0.3, -0.25) is 4.79 Å². The highest BCUT2D eigenvalue weighted by molar-refractivity contribution is 7.89. The Morgan fingerprint density at radius 3 is 2.13 bits per heavy atom. The molecule has 0 heterocycles. The Hall–Kier alpha value is -2.78. The molecule has 0 atom stereocenters. The molecule has 0 saturated carbocycles. The smallest absolute Gasteiger partial charge is 0.338 e. The van der Waals surface area contributed by atoms with E-state index in [1.807, 2.05) is 6.92 Å². The van der Waals surface area contributed by atoms with Crippen LogP contribution in [0.25, 0.3) is 0 Å². The number of benzene rings is 2. The summed E-state index contributed by atoms with van der Waals surface area (Å²) < 4.78 is 50.7. The van der Waals surface area contributed by atoms with E-state index in [4.69, 9.17) is 9.47 Å². The minimum atomic E-state index is -4.10. The number of sulfonamides is 1. The lowest BCUT2D eigenvalue weighted by Gasteiger charge is -2.19. The number of carbonyl (C=O) groups excluding carboxylic acids is 2. The van der Waals surface area contributed by atoms with Crippen LogP contribution < -0.4 is 4.74 Å². The second-order valence-corrected chi connectivity index (χ2v) is 8.10. The fourth-order valence-electron chi connectivity index (χ4n) is 2.73. The SMILES string of the molecule is CCOc1ccc(C(=O)COC(=O)c2ccc(F)c(S(=O)(=O)N(CC)CC)c2)cc1. The molecule has 7 nitrogen and oxygen atoms in total. The van der Waals surface area contributed by atoms with Crippen molar-refractivity contribution in [2.75, 3.05) is 26.3 Å². The van der Waals surface area contributed by atoms with Crippen molar-refractivity contribution in [2.45, 2.75) is 25.7 Å². The molecular formula is C21H24FNO6S. The molecule has 9 heteroatoms. The molecule has 0 saturated heterocycles. The fourth-order valence-corrected chi connectivity index (χ4v) is 4.28. The largest absolute Gasteiger partial charge is 0.494 e. The molecule has 0 aliphatic rings. The normalized spacial score (nSPS) is 11.4. The lowest BCUT2D eigenvalue weighted by Crippen LogP contribution is -2.31. The highest BCUT2D eigenvalue weighted by Gasteiger charge is 2.26. The van der Waals surface area contributed by atoms with Gasteiger partial charge in [-0.1, -0.05) is 13.8 Å². The maximum Gasteiger partial charge on any atom is 0.338 e. The molecule has 0 bridgehead atoms. The van der Waals surface area contributed by atoms with Crippen molar-refractivity contribution < 1.29 is 31.9 Å².